The number of hydrogen-bond donors (Lipinski definition) is 1. The first kappa shape index (κ1) is 14.5. The Balaban J connectivity index is 0.00000196. The van der Waals surface area contributed by atoms with Crippen molar-refractivity contribution < 1.29 is 17.3 Å². The molecule has 1 unspecified atom stereocenters. The molecule has 15 heavy (non-hydrogen) atoms. The second-order valence-corrected chi connectivity index (χ2v) is 3.72. The SMILES string of the molecule is C=CC[NH+](CCCl)Cc1ccccc1.[Cl-]. The highest BCUT2D eigenvalue weighted by Crippen LogP contribution is 1.95. The number of nitrogens with one attached hydrogen (secondary N) is 1. The molecular formula is C12H17Cl2N. The molecule has 0 aromatic heterocycles. The van der Waals surface area contributed by atoms with Crippen molar-refractivity contribution >= 4 is 11.6 Å². The van der Waals surface area contributed by atoms with E-state index in [1.807, 2.05) is 12.1 Å². The molecule has 1 N–H and O–H groups in total. The Bertz CT molecular complexity index is 262. The summed E-state index contributed by atoms with van der Waals surface area (Å²) in [5, 5.41) is 0. The van der Waals surface area contributed by atoms with Crippen LogP contribution in [-0.2, 0) is 6.54 Å². The lowest BCUT2D eigenvalue weighted by molar-refractivity contribution is -0.905. The number of alkyl halides is 1. The Hall–Kier alpha value is -0.500. The van der Waals surface area contributed by atoms with Crippen molar-refractivity contribution in [3.63, 3.8) is 0 Å². The summed E-state index contributed by atoms with van der Waals surface area (Å²) in [7, 11) is 0. The highest BCUT2D eigenvalue weighted by atomic mass is 35.5. The van der Waals surface area contributed by atoms with Crippen LogP contribution in [0.1, 0.15) is 5.56 Å². The summed E-state index contributed by atoms with van der Waals surface area (Å²) in [5.74, 6) is 0.704. The normalized spacial score (nSPS) is 11.5. The zero-order valence-electron chi connectivity index (χ0n) is 8.76. The Morgan fingerprint density at radius 3 is 2.47 bits per heavy atom. The maximum Gasteiger partial charge on any atom is 0.103 e. The van der Waals surface area contributed by atoms with Gasteiger partial charge in [-0.2, -0.15) is 0 Å². The van der Waals surface area contributed by atoms with Crippen LogP contribution in [-0.4, -0.2) is 19.0 Å². The predicted molar refractivity (Wildman–Crippen MR) is 61.8 cm³/mol. The molecule has 1 atom stereocenters. The van der Waals surface area contributed by atoms with Gasteiger partial charge in [0.1, 0.15) is 6.54 Å². The molecule has 0 fully saturated rings. The predicted octanol–water partition coefficient (Wildman–Crippen LogP) is -1.50. The second-order valence-electron chi connectivity index (χ2n) is 3.34. The highest BCUT2D eigenvalue weighted by Gasteiger charge is 2.05. The van der Waals surface area contributed by atoms with E-state index in [9.17, 15) is 0 Å². The van der Waals surface area contributed by atoms with Crippen LogP contribution in [0.5, 0.6) is 0 Å². The second kappa shape index (κ2) is 8.78. The third-order valence-electron chi connectivity index (χ3n) is 2.18. The largest absolute Gasteiger partial charge is 1.00 e. The van der Waals surface area contributed by atoms with Gasteiger partial charge in [0.05, 0.1) is 19.0 Å². The van der Waals surface area contributed by atoms with Crippen molar-refractivity contribution in [1.29, 1.82) is 0 Å². The van der Waals surface area contributed by atoms with E-state index in [2.05, 4.69) is 30.8 Å². The Kier molecular flexibility index (Phi) is 8.49. The van der Waals surface area contributed by atoms with Crippen molar-refractivity contribution in [2.24, 2.45) is 0 Å². The van der Waals surface area contributed by atoms with Crippen LogP contribution in [0, 0.1) is 0 Å². The van der Waals surface area contributed by atoms with Crippen LogP contribution in [0.2, 0.25) is 0 Å². The van der Waals surface area contributed by atoms with Gasteiger partial charge in [-0.15, -0.1) is 11.6 Å². The maximum atomic E-state index is 5.74. The standard InChI is InChI=1S/C12H16ClN.ClH/c1-2-9-14(10-8-13)11-12-6-4-3-5-7-12;/h2-7H,1,8-11H2;1H. The van der Waals surface area contributed by atoms with Gasteiger partial charge in [-0.1, -0.05) is 36.9 Å². The minimum Gasteiger partial charge on any atom is -1.00 e. The summed E-state index contributed by atoms with van der Waals surface area (Å²) in [5.41, 5.74) is 1.36. The van der Waals surface area contributed by atoms with Crippen molar-refractivity contribution in [2.45, 2.75) is 6.54 Å². The van der Waals surface area contributed by atoms with Crippen molar-refractivity contribution in [3.05, 3.63) is 48.6 Å². The minimum atomic E-state index is 0. The molecule has 0 spiro atoms. The van der Waals surface area contributed by atoms with Crippen LogP contribution < -0.4 is 17.3 Å². The molecule has 0 aliphatic carbocycles. The molecule has 3 heteroatoms. The summed E-state index contributed by atoms with van der Waals surface area (Å²) in [6, 6.07) is 10.5. The fourth-order valence-corrected chi connectivity index (χ4v) is 1.75. The van der Waals surface area contributed by atoms with Gasteiger partial charge in [0.25, 0.3) is 0 Å². The summed E-state index contributed by atoms with van der Waals surface area (Å²) in [4.78, 5) is 1.46. The molecule has 1 aromatic carbocycles. The molecule has 0 aliphatic heterocycles. The van der Waals surface area contributed by atoms with Crippen molar-refractivity contribution in [3.8, 4) is 0 Å². The van der Waals surface area contributed by atoms with Gasteiger partial charge in [0, 0.05) is 5.56 Å². The lowest BCUT2D eigenvalue weighted by Gasteiger charge is -2.16. The van der Waals surface area contributed by atoms with Crippen LogP contribution >= 0.6 is 11.6 Å². The summed E-state index contributed by atoms with van der Waals surface area (Å²) in [6.07, 6.45) is 1.95. The monoisotopic (exact) mass is 245 g/mol. The summed E-state index contributed by atoms with van der Waals surface area (Å²) < 4.78 is 0. The summed E-state index contributed by atoms with van der Waals surface area (Å²) in [6.45, 7) is 6.75. The van der Waals surface area contributed by atoms with Crippen LogP contribution in [0.4, 0.5) is 0 Å². The quantitative estimate of drug-likeness (QED) is 0.460. The molecule has 0 aliphatic rings. The van der Waals surface area contributed by atoms with Crippen LogP contribution in [0.3, 0.4) is 0 Å². The maximum absolute atomic E-state index is 5.74. The van der Waals surface area contributed by atoms with E-state index in [1.165, 1.54) is 10.5 Å². The molecule has 1 nitrogen and oxygen atoms in total. The van der Waals surface area contributed by atoms with Gasteiger partial charge < -0.3 is 17.3 Å². The van der Waals surface area contributed by atoms with Crippen LogP contribution in [0.25, 0.3) is 0 Å². The number of benzene rings is 1. The lowest BCUT2D eigenvalue weighted by atomic mass is 10.2. The van der Waals surface area contributed by atoms with E-state index in [1.54, 1.807) is 0 Å². The minimum absolute atomic E-state index is 0. The Morgan fingerprint density at radius 1 is 1.27 bits per heavy atom. The van der Waals surface area contributed by atoms with E-state index in [0.29, 0.717) is 5.88 Å². The van der Waals surface area contributed by atoms with Gasteiger partial charge in [0.15, 0.2) is 0 Å². The first-order valence-corrected chi connectivity index (χ1v) is 5.44. The van der Waals surface area contributed by atoms with E-state index in [-0.39, 0.29) is 12.4 Å². The number of quaternary nitrogens is 1. The van der Waals surface area contributed by atoms with Gasteiger partial charge in [-0.25, -0.2) is 0 Å². The number of halogens is 2. The number of hydrogen-bond acceptors (Lipinski definition) is 0. The highest BCUT2D eigenvalue weighted by molar-refractivity contribution is 6.17. The number of rotatable bonds is 6. The molecule has 0 saturated carbocycles. The molecule has 0 bridgehead atoms. The molecule has 1 aromatic rings. The Labute approximate surface area is 103 Å². The van der Waals surface area contributed by atoms with Gasteiger partial charge >= 0.3 is 0 Å². The zero-order valence-corrected chi connectivity index (χ0v) is 10.3. The van der Waals surface area contributed by atoms with Gasteiger partial charge in [-0.05, 0) is 6.08 Å². The fraction of sp³-hybridized carbons (Fsp3) is 0.333. The van der Waals surface area contributed by atoms with E-state index < -0.39 is 0 Å². The average Bonchev–Trinajstić information content (AvgIpc) is 2.20. The molecule has 0 saturated heterocycles. The topological polar surface area (TPSA) is 4.44 Å². The smallest absolute Gasteiger partial charge is 0.103 e. The molecule has 84 valence electrons. The van der Waals surface area contributed by atoms with Crippen molar-refractivity contribution in [2.75, 3.05) is 19.0 Å². The third-order valence-corrected chi connectivity index (χ3v) is 2.37. The fourth-order valence-electron chi connectivity index (χ4n) is 1.48. The van der Waals surface area contributed by atoms with E-state index in [4.69, 9.17) is 11.6 Å². The molecule has 0 amide bonds. The van der Waals surface area contributed by atoms with E-state index in [0.717, 1.165) is 19.6 Å². The van der Waals surface area contributed by atoms with Gasteiger partial charge in [0.2, 0.25) is 0 Å². The van der Waals surface area contributed by atoms with E-state index >= 15 is 0 Å². The van der Waals surface area contributed by atoms with Crippen molar-refractivity contribution in [1.82, 2.24) is 0 Å². The lowest BCUT2D eigenvalue weighted by Crippen LogP contribution is -3.10. The van der Waals surface area contributed by atoms with Crippen LogP contribution in [0.15, 0.2) is 43.0 Å². The average molecular weight is 246 g/mol. The first-order chi connectivity index (χ1) is 6.86. The molecule has 1 rings (SSSR count). The van der Waals surface area contributed by atoms with Gasteiger partial charge in [-0.3, -0.25) is 0 Å². The molecular weight excluding hydrogens is 229 g/mol. The third kappa shape index (κ3) is 5.83. The molecule has 0 radical (unpaired) electrons. The zero-order chi connectivity index (χ0) is 10.2. The Morgan fingerprint density at radius 2 is 1.93 bits per heavy atom. The summed E-state index contributed by atoms with van der Waals surface area (Å²) >= 11 is 5.74. The first-order valence-electron chi connectivity index (χ1n) is 4.91. The molecule has 0 heterocycles.